The van der Waals surface area contributed by atoms with Crippen molar-refractivity contribution in [3.63, 3.8) is 0 Å². The number of hydrogen-bond acceptors (Lipinski definition) is 3. The zero-order chi connectivity index (χ0) is 14.8. The Hall–Kier alpha value is -2.82. The molecule has 3 N–H and O–H groups in total. The predicted molar refractivity (Wildman–Crippen MR) is 84.3 cm³/mol. The summed E-state index contributed by atoms with van der Waals surface area (Å²) in [5.41, 5.74) is 8.82. The Morgan fingerprint density at radius 3 is 2.76 bits per heavy atom. The van der Waals surface area contributed by atoms with Crippen LogP contribution in [0.5, 0.6) is 0 Å². The third kappa shape index (κ3) is 2.33. The first-order chi connectivity index (χ1) is 10.2. The molecular weight excluding hydrogens is 264 g/mol. The number of carbonyl (C=O) groups excluding carboxylic acids is 1. The van der Waals surface area contributed by atoms with Crippen molar-refractivity contribution >= 4 is 28.2 Å². The van der Waals surface area contributed by atoms with Gasteiger partial charge in [0, 0.05) is 47.4 Å². The van der Waals surface area contributed by atoms with Crippen LogP contribution < -0.4 is 10.6 Å². The summed E-state index contributed by atoms with van der Waals surface area (Å²) in [7, 11) is 0. The molecule has 21 heavy (non-hydrogen) atoms. The molecule has 0 saturated carbocycles. The highest BCUT2D eigenvalue weighted by Gasteiger charge is 2.19. The second-order valence-corrected chi connectivity index (χ2v) is 4.76. The van der Waals surface area contributed by atoms with Gasteiger partial charge in [-0.2, -0.15) is 0 Å². The largest absolute Gasteiger partial charge is 0.399 e. The molecule has 0 saturated heterocycles. The van der Waals surface area contributed by atoms with E-state index < -0.39 is 0 Å². The van der Waals surface area contributed by atoms with Crippen LogP contribution in [0.25, 0.3) is 10.9 Å². The minimum absolute atomic E-state index is 0.0550. The summed E-state index contributed by atoms with van der Waals surface area (Å²) in [5, 5.41) is 0.840. The molecule has 0 aliphatic carbocycles. The first-order valence-electron chi connectivity index (χ1n) is 6.79. The van der Waals surface area contributed by atoms with E-state index in [2.05, 4.69) is 9.97 Å². The number of nitrogens with two attached hydrogens (primary N) is 1. The maximum absolute atomic E-state index is 12.8. The number of hydrogen-bond donors (Lipinski definition) is 2. The molecule has 2 aromatic heterocycles. The SMILES string of the molecule is CCN(C(=O)c1c[nH]c2ccc(N)cc12)c1ccncc1. The van der Waals surface area contributed by atoms with Gasteiger partial charge in [0.2, 0.25) is 0 Å². The monoisotopic (exact) mass is 280 g/mol. The Morgan fingerprint density at radius 2 is 2.05 bits per heavy atom. The van der Waals surface area contributed by atoms with Crippen LogP contribution in [0.2, 0.25) is 0 Å². The van der Waals surface area contributed by atoms with Crippen molar-refractivity contribution in [3.05, 3.63) is 54.5 Å². The normalized spacial score (nSPS) is 10.7. The molecule has 3 aromatic rings. The van der Waals surface area contributed by atoms with E-state index in [1.165, 1.54) is 0 Å². The lowest BCUT2D eigenvalue weighted by molar-refractivity contribution is 0.0990. The zero-order valence-corrected chi connectivity index (χ0v) is 11.7. The highest BCUT2D eigenvalue weighted by atomic mass is 16.2. The lowest BCUT2D eigenvalue weighted by atomic mass is 10.1. The predicted octanol–water partition coefficient (Wildman–Crippen LogP) is 2.81. The maximum Gasteiger partial charge on any atom is 0.260 e. The smallest absolute Gasteiger partial charge is 0.260 e. The summed E-state index contributed by atoms with van der Waals surface area (Å²) in [6, 6.07) is 9.16. The molecule has 0 atom stereocenters. The second-order valence-electron chi connectivity index (χ2n) is 4.76. The summed E-state index contributed by atoms with van der Waals surface area (Å²) >= 11 is 0. The van der Waals surface area contributed by atoms with Crippen LogP contribution in [0.3, 0.4) is 0 Å². The van der Waals surface area contributed by atoms with Gasteiger partial charge < -0.3 is 15.6 Å². The van der Waals surface area contributed by atoms with Crippen LogP contribution in [0.1, 0.15) is 17.3 Å². The third-order valence-corrected chi connectivity index (χ3v) is 3.47. The average Bonchev–Trinajstić information content (AvgIpc) is 2.92. The van der Waals surface area contributed by atoms with Crippen LogP contribution >= 0.6 is 0 Å². The minimum Gasteiger partial charge on any atom is -0.399 e. The van der Waals surface area contributed by atoms with Crippen LogP contribution in [-0.4, -0.2) is 22.4 Å². The fourth-order valence-corrected chi connectivity index (χ4v) is 2.43. The van der Waals surface area contributed by atoms with Crippen molar-refractivity contribution in [2.45, 2.75) is 6.92 Å². The number of anilines is 2. The van der Waals surface area contributed by atoms with Crippen LogP contribution in [0.4, 0.5) is 11.4 Å². The topological polar surface area (TPSA) is 75.0 Å². The Labute approximate surface area is 122 Å². The number of aromatic amines is 1. The van der Waals surface area contributed by atoms with Crippen molar-refractivity contribution in [2.24, 2.45) is 0 Å². The molecule has 0 aliphatic heterocycles. The molecular formula is C16H16N4O. The summed E-state index contributed by atoms with van der Waals surface area (Å²) in [6.45, 7) is 2.53. The maximum atomic E-state index is 12.8. The molecule has 5 heteroatoms. The molecule has 106 valence electrons. The van der Waals surface area contributed by atoms with Gasteiger partial charge in [0.25, 0.3) is 5.91 Å². The molecule has 1 aromatic carbocycles. The van der Waals surface area contributed by atoms with Crippen LogP contribution in [-0.2, 0) is 0 Å². The first kappa shape index (κ1) is 13.2. The van der Waals surface area contributed by atoms with Gasteiger partial charge in [-0.3, -0.25) is 9.78 Å². The number of benzene rings is 1. The number of carbonyl (C=O) groups is 1. The van der Waals surface area contributed by atoms with E-state index in [0.717, 1.165) is 16.6 Å². The first-order valence-corrected chi connectivity index (χ1v) is 6.79. The summed E-state index contributed by atoms with van der Waals surface area (Å²) < 4.78 is 0. The highest BCUT2D eigenvalue weighted by Crippen LogP contribution is 2.24. The van der Waals surface area contributed by atoms with Gasteiger partial charge in [0.05, 0.1) is 5.56 Å². The Balaban J connectivity index is 2.05. The number of nitrogens with zero attached hydrogens (tertiary/aromatic N) is 2. The Morgan fingerprint density at radius 1 is 1.29 bits per heavy atom. The molecule has 0 bridgehead atoms. The van der Waals surface area contributed by atoms with E-state index >= 15 is 0 Å². The molecule has 1 amide bonds. The van der Waals surface area contributed by atoms with Crippen molar-refractivity contribution in [1.82, 2.24) is 9.97 Å². The van der Waals surface area contributed by atoms with Crippen molar-refractivity contribution in [1.29, 1.82) is 0 Å². The molecule has 0 unspecified atom stereocenters. The molecule has 0 fully saturated rings. The fraction of sp³-hybridized carbons (Fsp3) is 0.125. The van der Waals surface area contributed by atoms with Crippen molar-refractivity contribution in [3.8, 4) is 0 Å². The van der Waals surface area contributed by atoms with Gasteiger partial charge >= 0.3 is 0 Å². The molecule has 0 aliphatic rings. The summed E-state index contributed by atoms with van der Waals surface area (Å²) in [4.78, 5) is 21.6. The van der Waals surface area contributed by atoms with Gasteiger partial charge in [-0.15, -0.1) is 0 Å². The number of H-pyrrole nitrogens is 1. The number of aromatic nitrogens is 2. The lowest BCUT2D eigenvalue weighted by Crippen LogP contribution is -2.30. The van der Waals surface area contributed by atoms with Gasteiger partial charge in [-0.25, -0.2) is 0 Å². The van der Waals surface area contributed by atoms with Gasteiger partial charge in [-0.1, -0.05) is 0 Å². The van der Waals surface area contributed by atoms with Crippen molar-refractivity contribution in [2.75, 3.05) is 17.2 Å². The zero-order valence-electron chi connectivity index (χ0n) is 11.7. The fourth-order valence-electron chi connectivity index (χ4n) is 2.43. The van der Waals surface area contributed by atoms with E-state index in [-0.39, 0.29) is 5.91 Å². The third-order valence-electron chi connectivity index (χ3n) is 3.47. The molecule has 0 spiro atoms. The molecule has 0 radical (unpaired) electrons. The summed E-state index contributed by atoms with van der Waals surface area (Å²) in [6.07, 6.45) is 5.09. The number of nitrogens with one attached hydrogen (secondary N) is 1. The molecule has 3 rings (SSSR count). The van der Waals surface area contributed by atoms with E-state index in [0.29, 0.717) is 17.8 Å². The Kier molecular flexibility index (Phi) is 3.31. The van der Waals surface area contributed by atoms with E-state index in [9.17, 15) is 4.79 Å². The molecule has 5 nitrogen and oxygen atoms in total. The van der Waals surface area contributed by atoms with Gasteiger partial charge in [0.15, 0.2) is 0 Å². The lowest BCUT2D eigenvalue weighted by Gasteiger charge is -2.20. The quantitative estimate of drug-likeness (QED) is 0.724. The standard InChI is InChI=1S/C16H16N4O/c1-2-20(12-5-7-18-8-6-12)16(21)14-10-19-15-4-3-11(17)9-13(14)15/h3-10,19H,2,17H2,1H3. The number of amides is 1. The molecule has 2 heterocycles. The number of pyridine rings is 1. The highest BCUT2D eigenvalue weighted by molar-refractivity contribution is 6.14. The summed E-state index contributed by atoms with van der Waals surface area (Å²) in [5.74, 6) is -0.0550. The van der Waals surface area contributed by atoms with Gasteiger partial charge in [0.1, 0.15) is 0 Å². The number of fused-ring (bicyclic) bond motifs is 1. The van der Waals surface area contributed by atoms with E-state index in [1.54, 1.807) is 23.5 Å². The second kappa shape index (κ2) is 5.28. The van der Waals surface area contributed by atoms with E-state index in [4.69, 9.17) is 5.73 Å². The van der Waals surface area contributed by atoms with Crippen molar-refractivity contribution < 1.29 is 4.79 Å². The number of rotatable bonds is 3. The average molecular weight is 280 g/mol. The van der Waals surface area contributed by atoms with Crippen LogP contribution in [0, 0.1) is 0 Å². The number of nitrogen functional groups attached to an aromatic ring is 1. The van der Waals surface area contributed by atoms with Crippen LogP contribution in [0.15, 0.2) is 48.9 Å². The van der Waals surface area contributed by atoms with Gasteiger partial charge in [-0.05, 0) is 37.3 Å². The van der Waals surface area contributed by atoms with E-state index in [1.807, 2.05) is 37.3 Å². The minimum atomic E-state index is -0.0550. The Bertz CT molecular complexity index is 779.